The van der Waals surface area contributed by atoms with E-state index in [1.807, 2.05) is 20.0 Å². The van der Waals surface area contributed by atoms with Gasteiger partial charge in [0.1, 0.15) is 6.34 Å². The summed E-state index contributed by atoms with van der Waals surface area (Å²) in [5.74, 6) is 0. The Kier molecular flexibility index (Phi) is 1.63. The highest BCUT2D eigenvalue weighted by atomic mass is 15.2. The number of rotatable bonds is 0. The van der Waals surface area contributed by atoms with E-state index in [9.17, 15) is 0 Å². The molecular weight excluding hydrogens is 114 g/mol. The number of nitrogens with zero attached hydrogens (tertiary/aromatic N) is 2. The third-order valence-corrected chi connectivity index (χ3v) is 1.21. The van der Waals surface area contributed by atoms with E-state index in [1.54, 1.807) is 6.34 Å². The lowest BCUT2D eigenvalue weighted by Gasteiger charge is -1.92. The van der Waals surface area contributed by atoms with E-state index in [-0.39, 0.29) is 0 Å². The third kappa shape index (κ3) is 1.38. The molecule has 0 radical (unpaired) electrons. The largest absolute Gasteiger partial charge is 0.351 e. The normalized spacial score (nSPS) is 17.6. The lowest BCUT2D eigenvalue weighted by Crippen LogP contribution is -2.00. The van der Waals surface area contributed by atoms with Crippen LogP contribution in [0.25, 0.3) is 0 Å². The van der Waals surface area contributed by atoms with Gasteiger partial charge < -0.3 is 5.32 Å². The molecule has 0 aliphatic carbocycles. The van der Waals surface area contributed by atoms with Crippen molar-refractivity contribution in [1.29, 1.82) is 0 Å². The molecule has 0 aromatic heterocycles. The van der Waals surface area contributed by atoms with Crippen molar-refractivity contribution in [2.75, 3.05) is 0 Å². The van der Waals surface area contributed by atoms with Gasteiger partial charge in [-0.1, -0.05) is 0 Å². The minimum atomic E-state index is 0.955. The van der Waals surface area contributed by atoms with Gasteiger partial charge in [-0.2, -0.15) is 5.10 Å². The number of allylic oxidation sites excluding steroid dienone is 1. The second-order valence-electron chi connectivity index (χ2n) is 1.92. The maximum Gasteiger partial charge on any atom is 0.115 e. The van der Waals surface area contributed by atoms with Gasteiger partial charge >= 0.3 is 0 Å². The first kappa shape index (κ1) is 6.01. The van der Waals surface area contributed by atoms with E-state index in [1.165, 1.54) is 0 Å². The average molecular weight is 123 g/mol. The van der Waals surface area contributed by atoms with Crippen LogP contribution in [0.15, 0.2) is 22.0 Å². The zero-order valence-electron chi connectivity index (χ0n) is 5.55. The molecule has 0 unspecified atom stereocenters. The van der Waals surface area contributed by atoms with Crippen molar-refractivity contribution in [2.24, 2.45) is 10.2 Å². The molecule has 3 nitrogen and oxygen atoms in total. The Labute approximate surface area is 54.2 Å². The summed E-state index contributed by atoms with van der Waals surface area (Å²) in [5, 5.41) is 10.4. The molecule has 1 aliphatic heterocycles. The fourth-order valence-electron chi connectivity index (χ4n) is 0.494. The zero-order valence-corrected chi connectivity index (χ0v) is 5.55. The van der Waals surface area contributed by atoms with Crippen LogP contribution < -0.4 is 5.32 Å². The summed E-state index contributed by atoms with van der Waals surface area (Å²) in [4.78, 5) is 0. The molecule has 0 bridgehead atoms. The van der Waals surface area contributed by atoms with Gasteiger partial charge in [0, 0.05) is 6.20 Å². The summed E-state index contributed by atoms with van der Waals surface area (Å²) in [5.41, 5.74) is 2.07. The van der Waals surface area contributed by atoms with Crippen molar-refractivity contribution >= 4 is 12.1 Å². The fraction of sp³-hybridized carbons (Fsp3) is 0.333. The molecule has 0 saturated carbocycles. The molecule has 0 amide bonds. The molecule has 1 N–H and O–H groups in total. The topological polar surface area (TPSA) is 36.8 Å². The van der Waals surface area contributed by atoms with Crippen LogP contribution in [-0.2, 0) is 0 Å². The quantitative estimate of drug-likeness (QED) is 0.510. The second kappa shape index (κ2) is 2.44. The van der Waals surface area contributed by atoms with Crippen LogP contribution in [-0.4, -0.2) is 12.1 Å². The van der Waals surface area contributed by atoms with Crippen LogP contribution in [0.4, 0.5) is 0 Å². The Balaban J connectivity index is 2.85. The Hall–Kier alpha value is -1.12. The molecule has 1 aliphatic rings. The van der Waals surface area contributed by atoms with Crippen LogP contribution in [0.1, 0.15) is 13.8 Å². The lowest BCUT2D eigenvalue weighted by molar-refractivity contribution is 1.21. The number of hydrogen-bond acceptors (Lipinski definition) is 3. The first-order valence-electron chi connectivity index (χ1n) is 2.80. The van der Waals surface area contributed by atoms with Crippen LogP contribution >= 0.6 is 0 Å². The predicted octanol–water partition coefficient (Wildman–Crippen LogP) is 0.898. The summed E-state index contributed by atoms with van der Waals surface area (Å²) in [6.07, 6.45) is 3.43. The summed E-state index contributed by atoms with van der Waals surface area (Å²) < 4.78 is 0. The Bertz CT molecular complexity index is 188. The van der Waals surface area contributed by atoms with Gasteiger partial charge in [0.25, 0.3) is 0 Å². The maximum atomic E-state index is 3.86. The van der Waals surface area contributed by atoms with Gasteiger partial charge in [0.2, 0.25) is 0 Å². The van der Waals surface area contributed by atoms with Crippen molar-refractivity contribution in [2.45, 2.75) is 13.8 Å². The highest BCUT2D eigenvalue weighted by Crippen LogP contribution is 1.96. The molecule has 0 fully saturated rings. The molecule has 0 aromatic carbocycles. The molecule has 0 saturated heterocycles. The smallest absolute Gasteiger partial charge is 0.115 e. The van der Waals surface area contributed by atoms with E-state index >= 15 is 0 Å². The van der Waals surface area contributed by atoms with Crippen molar-refractivity contribution in [1.82, 2.24) is 5.32 Å². The van der Waals surface area contributed by atoms with Crippen molar-refractivity contribution in [3.05, 3.63) is 11.8 Å². The maximum absolute atomic E-state index is 3.86. The van der Waals surface area contributed by atoms with Gasteiger partial charge in [-0.3, -0.25) is 0 Å². The third-order valence-electron chi connectivity index (χ3n) is 1.21. The van der Waals surface area contributed by atoms with Gasteiger partial charge in [-0.05, 0) is 19.4 Å². The van der Waals surface area contributed by atoms with Gasteiger partial charge in [-0.25, -0.2) is 0 Å². The standard InChI is InChI=1S/C6H9N3/c1-5-3-7-4-8-9-6(5)2/h3-4H,1-2H3,(H,7,8). The fourth-order valence-corrected chi connectivity index (χ4v) is 0.494. The first-order chi connectivity index (χ1) is 4.30. The SMILES string of the molecule is CC1=CNC=NN=C1C. The second-order valence-corrected chi connectivity index (χ2v) is 1.92. The molecule has 0 atom stereocenters. The first-order valence-corrected chi connectivity index (χ1v) is 2.80. The molecule has 9 heavy (non-hydrogen) atoms. The minimum absolute atomic E-state index is 0.955. The molecule has 1 heterocycles. The van der Waals surface area contributed by atoms with Gasteiger partial charge in [-0.15, -0.1) is 5.10 Å². The van der Waals surface area contributed by atoms with Crippen molar-refractivity contribution in [3.63, 3.8) is 0 Å². The number of nitrogens with one attached hydrogen (secondary N) is 1. The van der Waals surface area contributed by atoms with Crippen LogP contribution in [0.5, 0.6) is 0 Å². The number of hydrogen-bond donors (Lipinski definition) is 1. The van der Waals surface area contributed by atoms with Crippen LogP contribution in [0.2, 0.25) is 0 Å². The zero-order chi connectivity index (χ0) is 6.69. The average Bonchev–Trinajstić information content (AvgIpc) is 1.99. The van der Waals surface area contributed by atoms with Crippen molar-refractivity contribution in [3.8, 4) is 0 Å². The van der Waals surface area contributed by atoms with E-state index in [2.05, 4.69) is 15.5 Å². The lowest BCUT2D eigenvalue weighted by atomic mass is 10.2. The molecule has 3 heteroatoms. The highest BCUT2D eigenvalue weighted by molar-refractivity contribution is 5.98. The molecule has 48 valence electrons. The summed E-state index contributed by atoms with van der Waals surface area (Å²) in [7, 11) is 0. The van der Waals surface area contributed by atoms with Crippen LogP contribution in [0.3, 0.4) is 0 Å². The van der Waals surface area contributed by atoms with Gasteiger partial charge in [0.05, 0.1) is 5.71 Å². The Morgan fingerprint density at radius 2 is 2.22 bits per heavy atom. The van der Waals surface area contributed by atoms with Crippen molar-refractivity contribution < 1.29 is 0 Å². The monoisotopic (exact) mass is 123 g/mol. The summed E-state index contributed by atoms with van der Waals surface area (Å²) in [6, 6.07) is 0. The Morgan fingerprint density at radius 1 is 1.44 bits per heavy atom. The minimum Gasteiger partial charge on any atom is -0.351 e. The van der Waals surface area contributed by atoms with E-state index < -0.39 is 0 Å². The molecule has 0 aromatic rings. The van der Waals surface area contributed by atoms with E-state index in [0.717, 1.165) is 11.3 Å². The van der Waals surface area contributed by atoms with Crippen LogP contribution in [0, 0.1) is 0 Å². The summed E-state index contributed by atoms with van der Waals surface area (Å²) >= 11 is 0. The van der Waals surface area contributed by atoms with Gasteiger partial charge in [0.15, 0.2) is 0 Å². The van der Waals surface area contributed by atoms with E-state index in [4.69, 9.17) is 0 Å². The molecular formula is C6H9N3. The summed E-state index contributed by atoms with van der Waals surface area (Å²) in [6.45, 7) is 3.91. The highest BCUT2D eigenvalue weighted by Gasteiger charge is 1.94. The molecule has 0 spiro atoms. The molecule has 1 rings (SSSR count). The Morgan fingerprint density at radius 3 is 3.00 bits per heavy atom. The predicted molar refractivity (Wildman–Crippen MR) is 38.5 cm³/mol. The van der Waals surface area contributed by atoms with E-state index in [0.29, 0.717) is 0 Å².